The number of unbranched alkanes of at least 4 members (excludes halogenated alkanes) is 2. The Morgan fingerprint density at radius 2 is 2.00 bits per heavy atom. The van der Waals surface area contributed by atoms with Gasteiger partial charge in [-0.1, -0.05) is 26.2 Å². The molecule has 2 rings (SSSR count). The molecule has 0 radical (unpaired) electrons. The molecule has 1 aliphatic rings. The molecule has 1 aromatic rings. The zero-order valence-corrected chi connectivity index (χ0v) is 19.1. The monoisotopic (exact) mass is 491 g/mol. The Hall–Kier alpha value is -2.71. The number of alkyl halides is 3. The van der Waals surface area contributed by atoms with Crippen LogP contribution in [0.4, 0.5) is 24.9 Å². The molecule has 11 nitrogen and oxygen atoms in total. The SMILES string of the molecule is CCCCC[C@H](CN(O)C=O)C(=O)NNc1ncc(C(F)(F)F)c(N2CCN(CCO)CC2)n1. The number of piperazine rings is 1. The molecule has 0 spiro atoms. The van der Waals surface area contributed by atoms with Crippen molar-refractivity contribution in [2.24, 2.45) is 5.92 Å². The van der Waals surface area contributed by atoms with E-state index in [2.05, 4.69) is 20.8 Å². The van der Waals surface area contributed by atoms with E-state index < -0.39 is 23.6 Å². The summed E-state index contributed by atoms with van der Waals surface area (Å²) in [6.07, 6.45) is -0.923. The average Bonchev–Trinajstić information content (AvgIpc) is 2.81. The number of hydrogen-bond acceptors (Lipinski definition) is 9. The minimum absolute atomic E-state index is 0.0323. The number of nitrogens with zero attached hydrogens (tertiary/aromatic N) is 5. The van der Waals surface area contributed by atoms with Gasteiger partial charge in [0.25, 0.3) is 0 Å². The van der Waals surface area contributed by atoms with E-state index >= 15 is 0 Å². The minimum Gasteiger partial charge on any atom is -0.395 e. The maximum atomic E-state index is 13.6. The van der Waals surface area contributed by atoms with E-state index in [1.54, 1.807) is 0 Å². The zero-order valence-electron chi connectivity index (χ0n) is 19.1. The average molecular weight is 492 g/mol. The normalized spacial score (nSPS) is 15.6. The Morgan fingerprint density at radius 3 is 2.59 bits per heavy atom. The van der Waals surface area contributed by atoms with Crippen LogP contribution in [0.2, 0.25) is 0 Å². The van der Waals surface area contributed by atoms with E-state index in [9.17, 15) is 28.0 Å². The van der Waals surface area contributed by atoms with Crippen LogP contribution in [-0.4, -0.2) is 88.4 Å². The van der Waals surface area contributed by atoms with E-state index in [-0.39, 0.29) is 44.4 Å². The van der Waals surface area contributed by atoms with Crippen molar-refractivity contribution in [1.82, 2.24) is 25.4 Å². The predicted molar refractivity (Wildman–Crippen MR) is 117 cm³/mol. The molecular weight excluding hydrogens is 459 g/mol. The molecule has 34 heavy (non-hydrogen) atoms. The number of hydroxylamine groups is 2. The third-order valence-corrected chi connectivity index (χ3v) is 5.52. The third kappa shape index (κ3) is 8.25. The first-order valence-corrected chi connectivity index (χ1v) is 11.2. The van der Waals surface area contributed by atoms with Gasteiger partial charge in [0.05, 0.1) is 19.1 Å². The number of carbonyl (C=O) groups excluding carboxylic acids is 2. The Kier molecular flexibility index (Phi) is 10.7. The molecule has 1 saturated heterocycles. The molecule has 0 bridgehead atoms. The first kappa shape index (κ1) is 27.5. The number of aliphatic hydroxyl groups is 1. The number of nitrogens with one attached hydrogen (secondary N) is 2. The van der Waals surface area contributed by atoms with Crippen molar-refractivity contribution in [2.45, 2.75) is 38.8 Å². The van der Waals surface area contributed by atoms with Crippen LogP contribution in [0.25, 0.3) is 0 Å². The molecule has 0 aromatic carbocycles. The van der Waals surface area contributed by atoms with E-state index in [0.717, 1.165) is 12.8 Å². The summed E-state index contributed by atoms with van der Waals surface area (Å²) in [6, 6.07) is 0. The number of β-amino-alcohol motifs (C(OH)–C–C–N with tert-alkyl or cyclic N) is 1. The number of halogens is 3. The Bertz CT molecular complexity index is 792. The fourth-order valence-corrected chi connectivity index (χ4v) is 3.63. The molecule has 1 atom stereocenters. The number of carbonyl (C=O) groups is 2. The lowest BCUT2D eigenvalue weighted by atomic mass is 10.0. The highest BCUT2D eigenvalue weighted by Crippen LogP contribution is 2.35. The second-order valence-corrected chi connectivity index (χ2v) is 8.02. The second kappa shape index (κ2) is 13.2. The summed E-state index contributed by atoms with van der Waals surface area (Å²) in [6.45, 7) is 3.68. The summed E-state index contributed by atoms with van der Waals surface area (Å²) >= 11 is 0. The van der Waals surface area contributed by atoms with Crippen molar-refractivity contribution in [3.05, 3.63) is 11.8 Å². The molecule has 0 saturated carbocycles. The minimum atomic E-state index is -4.66. The molecule has 14 heteroatoms. The van der Waals surface area contributed by atoms with Crippen LogP contribution in [0, 0.1) is 5.92 Å². The number of rotatable bonds is 13. The topological polar surface area (TPSA) is 134 Å². The van der Waals surface area contributed by atoms with Crippen molar-refractivity contribution >= 4 is 24.1 Å². The van der Waals surface area contributed by atoms with Gasteiger partial charge in [0.1, 0.15) is 11.4 Å². The summed E-state index contributed by atoms with van der Waals surface area (Å²) in [4.78, 5) is 34.4. The van der Waals surface area contributed by atoms with Crippen LogP contribution in [0.15, 0.2) is 6.20 Å². The van der Waals surface area contributed by atoms with Gasteiger partial charge in [-0.05, 0) is 6.42 Å². The molecular formula is C20H32F3N7O4. The van der Waals surface area contributed by atoms with Crippen molar-refractivity contribution < 1.29 is 33.1 Å². The van der Waals surface area contributed by atoms with Gasteiger partial charge in [-0.15, -0.1) is 0 Å². The molecule has 1 fully saturated rings. The van der Waals surface area contributed by atoms with Crippen molar-refractivity contribution in [2.75, 3.05) is 56.2 Å². The molecule has 0 unspecified atom stereocenters. The van der Waals surface area contributed by atoms with Crippen molar-refractivity contribution in [3.8, 4) is 0 Å². The van der Waals surface area contributed by atoms with Crippen LogP contribution in [0.5, 0.6) is 0 Å². The van der Waals surface area contributed by atoms with E-state index in [0.29, 0.717) is 43.7 Å². The summed E-state index contributed by atoms with van der Waals surface area (Å²) in [5.74, 6) is -1.81. The van der Waals surface area contributed by atoms with Gasteiger partial charge in [0, 0.05) is 38.9 Å². The standard InChI is InChI=1S/C20H32F3N7O4/c1-2-3-4-5-15(13-30(34)14-32)18(33)26-27-19-24-12-16(20(21,22)23)17(25-19)29-8-6-28(7-9-29)10-11-31/h12,14-15,31,34H,2-11,13H2,1H3,(H,26,33)(H,24,25,27)/t15-/m1/s1. The lowest BCUT2D eigenvalue weighted by Crippen LogP contribution is -2.48. The molecule has 192 valence electrons. The highest BCUT2D eigenvalue weighted by atomic mass is 19.4. The first-order chi connectivity index (χ1) is 16.2. The fraction of sp³-hybridized carbons (Fsp3) is 0.700. The summed E-state index contributed by atoms with van der Waals surface area (Å²) in [5, 5.41) is 18.9. The first-order valence-electron chi connectivity index (χ1n) is 11.2. The Labute approximate surface area is 195 Å². The van der Waals surface area contributed by atoms with Crippen LogP contribution >= 0.6 is 0 Å². The lowest BCUT2D eigenvalue weighted by Gasteiger charge is -2.36. The second-order valence-electron chi connectivity index (χ2n) is 8.02. The van der Waals surface area contributed by atoms with Crippen molar-refractivity contribution in [3.63, 3.8) is 0 Å². The van der Waals surface area contributed by atoms with Crippen LogP contribution in [0.1, 0.15) is 38.2 Å². The van der Waals surface area contributed by atoms with Gasteiger partial charge in [0.2, 0.25) is 18.3 Å². The molecule has 4 N–H and O–H groups in total. The number of aromatic nitrogens is 2. The predicted octanol–water partition coefficient (Wildman–Crippen LogP) is 1.10. The molecule has 1 aliphatic heterocycles. The Balaban J connectivity index is 2.11. The molecule has 1 aromatic heterocycles. The summed E-state index contributed by atoms with van der Waals surface area (Å²) in [5.41, 5.74) is 3.82. The molecule has 2 amide bonds. The number of amides is 2. The zero-order chi connectivity index (χ0) is 25.1. The van der Waals surface area contributed by atoms with Crippen molar-refractivity contribution in [1.29, 1.82) is 0 Å². The Morgan fingerprint density at radius 1 is 1.29 bits per heavy atom. The van der Waals surface area contributed by atoms with Gasteiger partial charge in [-0.2, -0.15) is 18.2 Å². The third-order valence-electron chi connectivity index (χ3n) is 5.52. The highest BCUT2D eigenvalue weighted by molar-refractivity contribution is 5.80. The van der Waals surface area contributed by atoms with E-state index in [4.69, 9.17) is 5.11 Å². The lowest BCUT2D eigenvalue weighted by molar-refractivity contribution is -0.154. The van der Waals surface area contributed by atoms with Crippen LogP contribution in [-0.2, 0) is 15.8 Å². The quantitative estimate of drug-likeness (QED) is 0.138. The van der Waals surface area contributed by atoms with Crippen LogP contribution in [0.3, 0.4) is 0 Å². The fourth-order valence-electron chi connectivity index (χ4n) is 3.63. The van der Waals surface area contributed by atoms with Gasteiger partial charge < -0.3 is 10.0 Å². The smallest absolute Gasteiger partial charge is 0.395 e. The maximum absolute atomic E-state index is 13.6. The number of anilines is 2. The summed E-state index contributed by atoms with van der Waals surface area (Å²) < 4.78 is 40.7. The van der Waals surface area contributed by atoms with Crippen LogP contribution < -0.4 is 15.8 Å². The van der Waals surface area contributed by atoms with Gasteiger partial charge in [-0.25, -0.2) is 10.0 Å². The number of aliphatic hydroxyl groups excluding tert-OH is 1. The molecule has 0 aliphatic carbocycles. The van der Waals surface area contributed by atoms with E-state index in [1.165, 1.54) is 4.90 Å². The number of hydrazine groups is 1. The van der Waals surface area contributed by atoms with Gasteiger partial charge in [-0.3, -0.25) is 30.5 Å². The molecule has 2 heterocycles. The summed E-state index contributed by atoms with van der Waals surface area (Å²) in [7, 11) is 0. The van der Waals surface area contributed by atoms with Gasteiger partial charge in [0.15, 0.2) is 0 Å². The highest BCUT2D eigenvalue weighted by Gasteiger charge is 2.37. The number of hydrogen-bond donors (Lipinski definition) is 4. The van der Waals surface area contributed by atoms with Gasteiger partial charge >= 0.3 is 6.18 Å². The largest absolute Gasteiger partial charge is 0.421 e. The maximum Gasteiger partial charge on any atom is 0.421 e. The van der Waals surface area contributed by atoms with E-state index in [1.807, 2.05) is 11.8 Å².